The molecule has 8 heteroatoms. The molecule has 4 fully saturated rings. The first kappa shape index (κ1) is 24.8. The first-order chi connectivity index (χ1) is 15.5. The molecule has 1 aliphatic heterocycles. The third-order valence-corrected chi connectivity index (χ3v) is 10.1. The first-order valence-electron chi connectivity index (χ1n) is 11.8. The SMILES string of the molecule is C=C1C[C@H]2[C@]3(C)CCC(=O)C(C)(C)[C@H]3C(=O)[C@@H](O)[C@]2(C)[C@@H]2C(=O)O[C@](C)(C(=O)OC)C(=O)[C@]12C. The largest absolute Gasteiger partial charge is 0.466 e. The molecule has 3 aliphatic carbocycles. The molecule has 34 heavy (non-hydrogen) atoms. The van der Waals surface area contributed by atoms with Crippen molar-refractivity contribution >= 4 is 29.3 Å². The summed E-state index contributed by atoms with van der Waals surface area (Å²) in [5, 5.41) is 11.5. The van der Waals surface area contributed by atoms with Crippen molar-refractivity contribution in [2.75, 3.05) is 7.11 Å². The molecule has 186 valence electrons. The van der Waals surface area contributed by atoms with Crippen molar-refractivity contribution in [2.24, 2.45) is 39.4 Å². The maximum atomic E-state index is 13.8. The number of ether oxygens (including phenoxy) is 2. The Morgan fingerprint density at radius 1 is 1.06 bits per heavy atom. The number of carbonyl (C=O) groups excluding carboxylic acids is 5. The monoisotopic (exact) mass is 474 g/mol. The van der Waals surface area contributed by atoms with Gasteiger partial charge in [0.25, 0.3) is 5.60 Å². The number of hydrogen-bond acceptors (Lipinski definition) is 8. The van der Waals surface area contributed by atoms with Crippen molar-refractivity contribution in [3.63, 3.8) is 0 Å². The molecule has 1 N–H and O–H groups in total. The molecule has 1 heterocycles. The van der Waals surface area contributed by atoms with E-state index in [2.05, 4.69) is 6.58 Å². The molecule has 8 atom stereocenters. The molecule has 4 rings (SSSR count). The standard InChI is InChI=1S/C26H34O8/c1-12-11-13-23(4)10-9-14(27)22(2,3)16(23)15(28)18(29)25(13,6)17-19(30)34-26(7,21(32)33-8)20(31)24(12,17)5/h13,16-18,29H,1,9-11H2,2-8H3/t13-,16+,17+,18+,23-,24+,25-,26-/m0/s1. The molecule has 0 aromatic heterocycles. The fourth-order valence-corrected chi connectivity index (χ4v) is 8.27. The van der Waals surface area contributed by atoms with E-state index in [0.717, 1.165) is 7.11 Å². The predicted molar refractivity (Wildman–Crippen MR) is 119 cm³/mol. The maximum Gasteiger partial charge on any atom is 0.358 e. The smallest absolute Gasteiger partial charge is 0.358 e. The van der Waals surface area contributed by atoms with E-state index >= 15 is 0 Å². The zero-order chi connectivity index (χ0) is 25.8. The fraction of sp³-hybridized carbons (Fsp3) is 0.731. The van der Waals surface area contributed by atoms with Gasteiger partial charge in [0.2, 0.25) is 0 Å². The number of rotatable bonds is 1. The summed E-state index contributed by atoms with van der Waals surface area (Å²) in [5.41, 5.74) is -6.29. The third kappa shape index (κ3) is 2.50. The molecular weight excluding hydrogens is 440 g/mol. The van der Waals surface area contributed by atoms with Crippen LogP contribution in [0.5, 0.6) is 0 Å². The third-order valence-electron chi connectivity index (χ3n) is 10.1. The number of aliphatic hydroxyl groups excluding tert-OH is 1. The van der Waals surface area contributed by atoms with Crippen LogP contribution < -0.4 is 0 Å². The van der Waals surface area contributed by atoms with E-state index in [1.54, 1.807) is 27.7 Å². The minimum atomic E-state index is -2.15. The van der Waals surface area contributed by atoms with E-state index in [4.69, 9.17) is 9.47 Å². The van der Waals surface area contributed by atoms with Crippen LogP contribution in [0.1, 0.15) is 60.8 Å². The number of cyclic esters (lactones) is 1. The summed E-state index contributed by atoms with van der Waals surface area (Å²) in [7, 11) is 1.10. The van der Waals surface area contributed by atoms with Gasteiger partial charge in [-0.1, -0.05) is 39.8 Å². The summed E-state index contributed by atoms with van der Waals surface area (Å²) in [4.78, 5) is 66.5. The Labute approximate surface area is 199 Å². The van der Waals surface area contributed by atoms with Crippen LogP contribution >= 0.6 is 0 Å². The fourth-order valence-electron chi connectivity index (χ4n) is 8.27. The normalized spacial score (nSPS) is 47.8. The predicted octanol–water partition coefficient (Wildman–Crippen LogP) is 2.20. The molecule has 4 aliphatic rings. The van der Waals surface area contributed by atoms with E-state index in [-0.39, 0.29) is 18.6 Å². The Morgan fingerprint density at radius 2 is 1.65 bits per heavy atom. The summed E-state index contributed by atoms with van der Waals surface area (Å²) in [6.45, 7) is 14.0. The van der Waals surface area contributed by atoms with Crippen molar-refractivity contribution in [3.05, 3.63) is 12.2 Å². The number of ketones is 3. The highest BCUT2D eigenvalue weighted by Crippen LogP contribution is 2.71. The number of hydrogen-bond donors (Lipinski definition) is 1. The van der Waals surface area contributed by atoms with Gasteiger partial charge in [0.1, 0.15) is 11.9 Å². The highest BCUT2D eigenvalue weighted by atomic mass is 16.6. The minimum Gasteiger partial charge on any atom is -0.466 e. The summed E-state index contributed by atoms with van der Waals surface area (Å²) in [5.74, 6) is -5.41. The van der Waals surface area contributed by atoms with E-state index in [9.17, 15) is 29.1 Å². The van der Waals surface area contributed by atoms with Crippen molar-refractivity contribution in [1.82, 2.24) is 0 Å². The van der Waals surface area contributed by atoms with Gasteiger partial charge >= 0.3 is 11.9 Å². The lowest BCUT2D eigenvalue weighted by Gasteiger charge is -2.68. The lowest BCUT2D eigenvalue weighted by atomic mass is 9.34. The lowest BCUT2D eigenvalue weighted by molar-refractivity contribution is -0.237. The van der Waals surface area contributed by atoms with Gasteiger partial charge in [-0.05, 0) is 38.0 Å². The van der Waals surface area contributed by atoms with Gasteiger partial charge in [-0.2, -0.15) is 0 Å². The molecule has 0 bridgehead atoms. The zero-order valence-corrected chi connectivity index (χ0v) is 20.9. The maximum absolute atomic E-state index is 13.8. The van der Waals surface area contributed by atoms with E-state index in [0.29, 0.717) is 12.0 Å². The second kappa shape index (κ2) is 6.86. The van der Waals surface area contributed by atoms with Gasteiger partial charge < -0.3 is 14.6 Å². The van der Waals surface area contributed by atoms with Crippen LogP contribution in [0.3, 0.4) is 0 Å². The number of esters is 2. The number of methoxy groups -OCH3 is 1. The summed E-state index contributed by atoms with van der Waals surface area (Å²) in [6, 6.07) is 0. The highest BCUT2D eigenvalue weighted by molar-refractivity contribution is 6.15. The number of fused-ring (bicyclic) bond motifs is 5. The molecule has 0 amide bonds. The Kier molecular flexibility index (Phi) is 5.00. The van der Waals surface area contributed by atoms with Gasteiger partial charge in [0.15, 0.2) is 11.6 Å². The van der Waals surface area contributed by atoms with Gasteiger partial charge in [0.05, 0.1) is 18.4 Å². The van der Waals surface area contributed by atoms with Gasteiger partial charge in [-0.3, -0.25) is 19.2 Å². The van der Waals surface area contributed by atoms with E-state index in [1.807, 2.05) is 6.92 Å². The highest BCUT2D eigenvalue weighted by Gasteiger charge is 2.77. The van der Waals surface area contributed by atoms with E-state index in [1.165, 1.54) is 6.92 Å². The molecule has 0 radical (unpaired) electrons. The second-order valence-electron chi connectivity index (χ2n) is 12.0. The van der Waals surface area contributed by atoms with Gasteiger partial charge in [-0.25, -0.2) is 4.79 Å². The van der Waals surface area contributed by atoms with Crippen molar-refractivity contribution in [2.45, 2.75) is 72.5 Å². The Hall–Kier alpha value is -2.35. The number of aliphatic hydroxyl groups is 1. The Morgan fingerprint density at radius 3 is 2.21 bits per heavy atom. The quantitative estimate of drug-likeness (QED) is 0.348. The van der Waals surface area contributed by atoms with Crippen molar-refractivity contribution < 1.29 is 38.6 Å². The molecule has 0 spiro atoms. The van der Waals surface area contributed by atoms with Crippen LogP contribution in [0.2, 0.25) is 0 Å². The summed E-state index contributed by atoms with van der Waals surface area (Å²) < 4.78 is 10.2. The molecule has 0 aromatic carbocycles. The topological polar surface area (TPSA) is 124 Å². The summed E-state index contributed by atoms with van der Waals surface area (Å²) >= 11 is 0. The molecule has 0 unspecified atom stereocenters. The Bertz CT molecular complexity index is 1060. The minimum absolute atomic E-state index is 0.0281. The average molecular weight is 475 g/mol. The Balaban J connectivity index is 1.93. The molecule has 8 nitrogen and oxygen atoms in total. The van der Waals surface area contributed by atoms with Crippen LogP contribution in [0, 0.1) is 39.4 Å². The van der Waals surface area contributed by atoms with Crippen LogP contribution in [0.15, 0.2) is 12.2 Å². The van der Waals surface area contributed by atoms with Crippen molar-refractivity contribution in [3.8, 4) is 0 Å². The lowest BCUT2D eigenvalue weighted by Crippen LogP contribution is -2.75. The van der Waals surface area contributed by atoms with Gasteiger partial charge in [0, 0.05) is 23.2 Å². The van der Waals surface area contributed by atoms with Crippen LogP contribution in [0.4, 0.5) is 0 Å². The number of carbonyl (C=O) groups is 5. The van der Waals surface area contributed by atoms with Crippen molar-refractivity contribution in [1.29, 1.82) is 0 Å². The first-order valence-corrected chi connectivity index (χ1v) is 11.8. The average Bonchev–Trinajstić information content (AvgIpc) is 2.75. The molecule has 0 aromatic rings. The van der Waals surface area contributed by atoms with Crippen LogP contribution in [-0.4, -0.2) is 53.2 Å². The second-order valence-corrected chi connectivity index (χ2v) is 12.0. The van der Waals surface area contributed by atoms with Crippen LogP contribution in [-0.2, 0) is 33.4 Å². The molecular formula is C26H34O8. The van der Waals surface area contributed by atoms with Gasteiger partial charge in [-0.15, -0.1) is 0 Å². The summed E-state index contributed by atoms with van der Waals surface area (Å²) in [6.07, 6.45) is -0.616. The van der Waals surface area contributed by atoms with Crippen LogP contribution in [0.25, 0.3) is 0 Å². The number of Topliss-reactive ketones (excluding diaryl/α,β-unsaturated/α-hetero) is 3. The van der Waals surface area contributed by atoms with E-state index < -0.39 is 74.6 Å². The number of allylic oxidation sites excluding steroid dienone is 1. The molecule has 3 saturated carbocycles. The zero-order valence-electron chi connectivity index (χ0n) is 20.9. The molecule has 1 saturated heterocycles.